The molecule has 1 atom stereocenters. The van der Waals surface area contributed by atoms with Crippen molar-refractivity contribution in [1.82, 2.24) is 9.88 Å². The summed E-state index contributed by atoms with van der Waals surface area (Å²) >= 11 is 0. The van der Waals surface area contributed by atoms with Crippen molar-refractivity contribution in [3.8, 4) is 17.2 Å². The number of rotatable bonds is 7. The molecule has 7 heteroatoms. The van der Waals surface area contributed by atoms with Gasteiger partial charge in [-0.1, -0.05) is 42.5 Å². The molecule has 1 amide bonds. The molecule has 7 nitrogen and oxygen atoms in total. The molecule has 1 aliphatic heterocycles. The van der Waals surface area contributed by atoms with E-state index in [-0.39, 0.29) is 17.9 Å². The van der Waals surface area contributed by atoms with Crippen LogP contribution in [0.15, 0.2) is 109 Å². The molecule has 37 heavy (non-hydrogen) atoms. The number of benzene rings is 3. The fraction of sp³-hybridized carbons (Fsp3) is 0.100. The van der Waals surface area contributed by atoms with Crippen molar-refractivity contribution >= 4 is 17.4 Å². The number of ketones is 1. The summed E-state index contributed by atoms with van der Waals surface area (Å²) < 4.78 is 11.4. The summed E-state index contributed by atoms with van der Waals surface area (Å²) in [5.41, 5.74) is 1.74. The summed E-state index contributed by atoms with van der Waals surface area (Å²) in [6, 6.07) is 26.0. The lowest BCUT2D eigenvalue weighted by Crippen LogP contribution is -2.29. The van der Waals surface area contributed by atoms with E-state index in [0.29, 0.717) is 28.4 Å². The minimum absolute atomic E-state index is 0.0135. The van der Waals surface area contributed by atoms with Crippen molar-refractivity contribution in [2.45, 2.75) is 12.6 Å². The van der Waals surface area contributed by atoms with Gasteiger partial charge in [0.15, 0.2) is 0 Å². The number of nitrogens with zero attached hydrogens (tertiary/aromatic N) is 2. The van der Waals surface area contributed by atoms with E-state index in [9.17, 15) is 14.7 Å². The highest BCUT2D eigenvalue weighted by Gasteiger charge is 2.46. The van der Waals surface area contributed by atoms with Crippen molar-refractivity contribution in [3.05, 3.63) is 126 Å². The van der Waals surface area contributed by atoms with Gasteiger partial charge in [-0.15, -0.1) is 0 Å². The van der Waals surface area contributed by atoms with Gasteiger partial charge in [0.2, 0.25) is 0 Å². The van der Waals surface area contributed by atoms with Crippen molar-refractivity contribution in [1.29, 1.82) is 0 Å². The Bertz CT molecular complexity index is 1470. The predicted molar refractivity (Wildman–Crippen MR) is 138 cm³/mol. The summed E-state index contributed by atoms with van der Waals surface area (Å²) in [4.78, 5) is 32.2. The zero-order valence-corrected chi connectivity index (χ0v) is 20.1. The molecular formula is C30H24N2O5. The standard InChI is InChI=1S/C30H24N2O5/c1-36-25-13-6-5-12-24(25)28(33)26-27(32(30(35)29(26)34)19-20-14-16-31-17-15-20)21-8-7-11-23(18-21)37-22-9-3-2-4-10-22/h2-18,27,33H,19H2,1H3/b28-26-. The van der Waals surface area contributed by atoms with Gasteiger partial charge in [-0.05, 0) is 59.7 Å². The maximum Gasteiger partial charge on any atom is 0.295 e. The fourth-order valence-electron chi connectivity index (χ4n) is 4.43. The van der Waals surface area contributed by atoms with Crippen LogP contribution in [0.2, 0.25) is 0 Å². The summed E-state index contributed by atoms with van der Waals surface area (Å²) in [6.45, 7) is 0.157. The maximum atomic E-state index is 13.4. The van der Waals surface area contributed by atoms with Crippen LogP contribution in [0.1, 0.15) is 22.7 Å². The Morgan fingerprint density at radius 2 is 1.59 bits per heavy atom. The van der Waals surface area contributed by atoms with Gasteiger partial charge < -0.3 is 19.5 Å². The van der Waals surface area contributed by atoms with Crippen LogP contribution in [-0.2, 0) is 16.1 Å². The van der Waals surface area contributed by atoms with Crippen LogP contribution >= 0.6 is 0 Å². The van der Waals surface area contributed by atoms with E-state index >= 15 is 0 Å². The number of methoxy groups -OCH3 is 1. The number of aliphatic hydroxyl groups is 1. The molecule has 0 aliphatic carbocycles. The number of carbonyl (C=O) groups is 2. The second kappa shape index (κ2) is 10.4. The monoisotopic (exact) mass is 492 g/mol. The Balaban J connectivity index is 1.64. The number of aliphatic hydroxyl groups excluding tert-OH is 1. The van der Waals surface area contributed by atoms with E-state index in [0.717, 1.165) is 5.56 Å². The Kier molecular flexibility index (Phi) is 6.68. The molecular weight excluding hydrogens is 468 g/mol. The van der Waals surface area contributed by atoms with E-state index in [1.807, 2.05) is 36.4 Å². The van der Waals surface area contributed by atoms with Crippen LogP contribution in [0.4, 0.5) is 0 Å². The SMILES string of the molecule is COc1ccccc1/C(O)=C1/C(=O)C(=O)N(Cc2ccncc2)C1c1cccc(Oc2ccccc2)c1. The van der Waals surface area contributed by atoms with Crippen LogP contribution < -0.4 is 9.47 Å². The number of carbonyl (C=O) groups excluding carboxylic acids is 2. The second-order valence-corrected chi connectivity index (χ2v) is 8.47. The molecule has 2 heterocycles. The van der Waals surface area contributed by atoms with E-state index < -0.39 is 17.7 Å². The summed E-state index contributed by atoms with van der Waals surface area (Å²) in [7, 11) is 1.48. The van der Waals surface area contributed by atoms with E-state index in [1.54, 1.807) is 67.0 Å². The van der Waals surface area contributed by atoms with E-state index in [1.165, 1.54) is 12.0 Å². The molecule has 0 radical (unpaired) electrons. The first-order valence-corrected chi connectivity index (χ1v) is 11.7. The Labute approximate surface area is 214 Å². The highest BCUT2D eigenvalue weighted by Crippen LogP contribution is 2.42. The maximum absolute atomic E-state index is 13.4. The Morgan fingerprint density at radius 1 is 0.892 bits per heavy atom. The molecule has 1 N–H and O–H groups in total. The van der Waals surface area contributed by atoms with Crippen LogP contribution in [0.3, 0.4) is 0 Å². The number of likely N-dealkylation sites (tertiary alicyclic amines) is 1. The second-order valence-electron chi connectivity index (χ2n) is 8.47. The number of Topliss-reactive ketones (excluding diaryl/α,β-unsaturated/α-hetero) is 1. The fourth-order valence-corrected chi connectivity index (χ4v) is 4.43. The molecule has 1 fully saturated rings. The topological polar surface area (TPSA) is 89.0 Å². The van der Waals surface area contributed by atoms with Crippen LogP contribution in [-0.4, -0.2) is 33.8 Å². The average Bonchev–Trinajstić information content (AvgIpc) is 3.19. The summed E-state index contributed by atoms with van der Waals surface area (Å²) in [5, 5.41) is 11.4. The zero-order valence-electron chi connectivity index (χ0n) is 20.1. The Morgan fingerprint density at radius 3 is 2.35 bits per heavy atom. The van der Waals surface area contributed by atoms with Gasteiger partial charge in [-0.3, -0.25) is 14.6 Å². The first-order chi connectivity index (χ1) is 18.1. The predicted octanol–water partition coefficient (Wildman–Crippen LogP) is 5.50. The number of aromatic nitrogens is 1. The lowest BCUT2D eigenvalue weighted by atomic mass is 9.94. The molecule has 0 spiro atoms. The van der Waals surface area contributed by atoms with E-state index in [4.69, 9.17) is 9.47 Å². The Hall–Kier alpha value is -4.91. The number of para-hydroxylation sites is 2. The average molecular weight is 493 g/mol. The number of amides is 1. The molecule has 3 aromatic carbocycles. The number of pyridine rings is 1. The van der Waals surface area contributed by atoms with Gasteiger partial charge in [0.25, 0.3) is 11.7 Å². The van der Waals surface area contributed by atoms with Crippen molar-refractivity contribution in [2.75, 3.05) is 7.11 Å². The molecule has 0 saturated carbocycles. The highest BCUT2D eigenvalue weighted by atomic mass is 16.5. The summed E-state index contributed by atoms with van der Waals surface area (Å²) in [5.74, 6) is -0.188. The van der Waals surface area contributed by atoms with Gasteiger partial charge >= 0.3 is 0 Å². The molecule has 1 unspecified atom stereocenters. The molecule has 1 aromatic heterocycles. The van der Waals surface area contributed by atoms with Crippen molar-refractivity contribution in [2.24, 2.45) is 0 Å². The number of hydrogen-bond donors (Lipinski definition) is 1. The van der Waals surface area contributed by atoms with Crippen LogP contribution in [0, 0.1) is 0 Å². The third-order valence-electron chi connectivity index (χ3n) is 6.16. The minimum atomic E-state index is -0.850. The van der Waals surface area contributed by atoms with Crippen LogP contribution in [0.5, 0.6) is 17.2 Å². The number of hydrogen-bond acceptors (Lipinski definition) is 6. The molecule has 1 aliphatic rings. The van der Waals surface area contributed by atoms with Crippen molar-refractivity contribution in [3.63, 3.8) is 0 Å². The van der Waals surface area contributed by atoms with Crippen molar-refractivity contribution < 1.29 is 24.2 Å². The third kappa shape index (κ3) is 4.79. The lowest BCUT2D eigenvalue weighted by molar-refractivity contribution is -0.140. The molecule has 5 rings (SSSR count). The van der Waals surface area contributed by atoms with Gasteiger partial charge in [-0.25, -0.2) is 0 Å². The van der Waals surface area contributed by atoms with Gasteiger partial charge in [0.05, 0.1) is 24.3 Å². The molecule has 1 saturated heterocycles. The van der Waals surface area contributed by atoms with E-state index in [2.05, 4.69) is 4.98 Å². The molecule has 0 bridgehead atoms. The quantitative estimate of drug-likeness (QED) is 0.208. The molecule has 4 aromatic rings. The summed E-state index contributed by atoms with van der Waals surface area (Å²) in [6.07, 6.45) is 3.26. The van der Waals surface area contributed by atoms with Gasteiger partial charge in [0.1, 0.15) is 23.0 Å². The largest absolute Gasteiger partial charge is 0.507 e. The van der Waals surface area contributed by atoms with Gasteiger partial charge in [0, 0.05) is 18.9 Å². The first kappa shape index (κ1) is 23.8. The van der Waals surface area contributed by atoms with Crippen LogP contribution in [0.25, 0.3) is 5.76 Å². The van der Waals surface area contributed by atoms with Gasteiger partial charge in [-0.2, -0.15) is 0 Å². The normalized spacial score (nSPS) is 16.6. The minimum Gasteiger partial charge on any atom is -0.507 e. The first-order valence-electron chi connectivity index (χ1n) is 11.7. The zero-order chi connectivity index (χ0) is 25.8. The number of ether oxygens (including phenoxy) is 2. The lowest BCUT2D eigenvalue weighted by Gasteiger charge is -2.26. The highest BCUT2D eigenvalue weighted by molar-refractivity contribution is 6.46. The third-order valence-corrected chi connectivity index (χ3v) is 6.16. The molecule has 184 valence electrons. The smallest absolute Gasteiger partial charge is 0.295 e.